The van der Waals surface area contributed by atoms with Crippen molar-refractivity contribution in [3.05, 3.63) is 46.8 Å². The molecule has 0 atom stereocenters. The Morgan fingerprint density at radius 2 is 1.78 bits per heavy atom. The molecule has 1 amide bonds. The van der Waals surface area contributed by atoms with Crippen molar-refractivity contribution in [2.45, 2.75) is 20.8 Å². The van der Waals surface area contributed by atoms with Gasteiger partial charge in [-0.3, -0.25) is 9.48 Å². The van der Waals surface area contributed by atoms with E-state index in [0.717, 1.165) is 31.9 Å². The number of carbonyl (C=O) groups is 1. The molecular weight excluding hydrogens is 288 g/mol. The van der Waals surface area contributed by atoms with E-state index in [1.54, 1.807) is 4.68 Å². The van der Waals surface area contributed by atoms with Crippen molar-refractivity contribution >= 4 is 11.6 Å². The minimum Gasteiger partial charge on any atom is -0.368 e. The number of aromatic nitrogens is 2. The fourth-order valence-electron chi connectivity index (χ4n) is 3.06. The van der Waals surface area contributed by atoms with Gasteiger partial charge in [-0.1, -0.05) is 12.1 Å². The van der Waals surface area contributed by atoms with Crippen LogP contribution in [0.3, 0.4) is 0 Å². The van der Waals surface area contributed by atoms with Crippen molar-refractivity contribution in [1.29, 1.82) is 0 Å². The second-order valence-electron chi connectivity index (χ2n) is 6.29. The van der Waals surface area contributed by atoms with Crippen LogP contribution in [-0.4, -0.2) is 46.8 Å². The maximum atomic E-state index is 12.6. The highest BCUT2D eigenvalue weighted by molar-refractivity contribution is 5.92. The first-order chi connectivity index (χ1) is 11.0. The Kier molecular flexibility index (Phi) is 4.11. The molecule has 1 aromatic heterocycles. The number of piperazine rings is 1. The van der Waals surface area contributed by atoms with Crippen LogP contribution in [-0.2, 0) is 7.05 Å². The summed E-state index contributed by atoms with van der Waals surface area (Å²) in [4.78, 5) is 16.8. The molecule has 23 heavy (non-hydrogen) atoms. The summed E-state index contributed by atoms with van der Waals surface area (Å²) >= 11 is 0. The van der Waals surface area contributed by atoms with Crippen molar-refractivity contribution in [2.24, 2.45) is 7.05 Å². The van der Waals surface area contributed by atoms with Gasteiger partial charge in [0, 0.05) is 44.6 Å². The molecule has 0 aliphatic carbocycles. The van der Waals surface area contributed by atoms with Crippen LogP contribution in [0.5, 0.6) is 0 Å². The van der Waals surface area contributed by atoms with Crippen molar-refractivity contribution in [2.75, 3.05) is 31.1 Å². The van der Waals surface area contributed by atoms with Gasteiger partial charge in [0.05, 0.1) is 0 Å². The first-order valence-electron chi connectivity index (χ1n) is 8.08. The van der Waals surface area contributed by atoms with Crippen LogP contribution in [0.2, 0.25) is 0 Å². The summed E-state index contributed by atoms with van der Waals surface area (Å²) in [5, 5.41) is 4.30. The fraction of sp³-hybridized carbons (Fsp3) is 0.444. The van der Waals surface area contributed by atoms with Gasteiger partial charge in [0.2, 0.25) is 0 Å². The van der Waals surface area contributed by atoms with Crippen LogP contribution in [0.15, 0.2) is 24.3 Å². The molecule has 0 spiro atoms. The van der Waals surface area contributed by atoms with E-state index in [0.29, 0.717) is 5.69 Å². The number of aryl methyl sites for hydroxylation is 3. The molecule has 2 aromatic rings. The van der Waals surface area contributed by atoms with E-state index in [1.165, 1.54) is 16.8 Å². The van der Waals surface area contributed by atoms with Gasteiger partial charge in [-0.25, -0.2) is 0 Å². The smallest absolute Gasteiger partial charge is 0.274 e. The minimum absolute atomic E-state index is 0.0364. The van der Waals surface area contributed by atoms with E-state index in [4.69, 9.17) is 0 Å². The van der Waals surface area contributed by atoms with Gasteiger partial charge in [0.25, 0.3) is 5.91 Å². The van der Waals surface area contributed by atoms with Gasteiger partial charge in [0.15, 0.2) is 5.69 Å². The van der Waals surface area contributed by atoms with Crippen LogP contribution in [0.1, 0.15) is 27.3 Å². The summed E-state index contributed by atoms with van der Waals surface area (Å²) < 4.78 is 1.75. The summed E-state index contributed by atoms with van der Waals surface area (Å²) in [6, 6.07) is 8.27. The van der Waals surface area contributed by atoms with Gasteiger partial charge >= 0.3 is 0 Å². The molecule has 5 heteroatoms. The second-order valence-corrected chi connectivity index (χ2v) is 6.29. The highest BCUT2D eigenvalue weighted by atomic mass is 16.2. The Labute approximate surface area is 137 Å². The van der Waals surface area contributed by atoms with Gasteiger partial charge < -0.3 is 9.80 Å². The summed E-state index contributed by atoms with van der Waals surface area (Å²) in [5.74, 6) is 0.0364. The molecular formula is C18H24N4O. The third-order valence-corrected chi connectivity index (χ3v) is 4.82. The number of rotatable bonds is 2. The molecule has 5 nitrogen and oxygen atoms in total. The number of carbonyl (C=O) groups excluding carboxylic acids is 1. The maximum absolute atomic E-state index is 12.6. The average molecular weight is 312 g/mol. The van der Waals surface area contributed by atoms with Crippen molar-refractivity contribution < 1.29 is 4.79 Å². The van der Waals surface area contributed by atoms with Gasteiger partial charge in [0.1, 0.15) is 0 Å². The van der Waals surface area contributed by atoms with Gasteiger partial charge in [-0.05, 0) is 44.0 Å². The molecule has 1 fully saturated rings. The molecule has 1 aliphatic rings. The molecule has 1 aliphatic heterocycles. The van der Waals surface area contributed by atoms with Crippen LogP contribution >= 0.6 is 0 Å². The zero-order valence-electron chi connectivity index (χ0n) is 14.3. The Bertz CT molecular complexity index is 707. The Hall–Kier alpha value is -2.30. The van der Waals surface area contributed by atoms with E-state index in [1.807, 2.05) is 24.9 Å². The quantitative estimate of drug-likeness (QED) is 0.854. The molecule has 1 saturated heterocycles. The van der Waals surface area contributed by atoms with Crippen molar-refractivity contribution in [3.8, 4) is 0 Å². The number of anilines is 1. The summed E-state index contributed by atoms with van der Waals surface area (Å²) in [7, 11) is 1.87. The molecule has 0 bridgehead atoms. The second kappa shape index (κ2) is 6.07. The fourth-order valence-corrected chi connectivity index (χ4v) is 3.06. The predicted molar refractivity (Wildman–Crippen MR) is 92.0 cm³/mol. The zero-order chi connectivity index (χ0) is 16.6. The highest BCUT2D eigenvalue weighted by Crippen LogP contribution is 2.24. The lowest BCUT2D eigenvalue weighted by Crippen LogP contribution is -2.49. The molecule has 3 rings (SSSR count). The molecule has 0 saturated carbocycles. The summed E-state index contributed by atoms with van der Waals surface area (Å²) in [6.07, 6.45) is 0. The Morgan fingerprint density at radius 3 is 2.39 bits per heavy atom. The Balaban J connectivity index is 1.68. The number of amides is 1. The molecule has 0 radical (unpaired) electrons. The number of nitrogens with zero attached hydrogens (tertiary/aromatic N) is 4. The van der Waals surface area contributed by atoms with E-state index in [2.05, 4.69) is 42.0 Å². The third kappa shape index (κ3) is 2.96. The van der Waals surface area contributed by atoms with Gasteiger partial charge in [-0.15, -0.1) is 0 Å². The average Bonchev–Trinajstić information content (AvgIpc) is 2.89. The third-order valence-electron chi connectivity index (χ3n) is 4.82. The maximum Gasteiger partial charge on any atom is 0.274 e. The lowest BCUT2D eigenvalue weighted by Gasteiger charge is -2.36. The number of benzene rings is 1. The van der Waals surface area contributed by atoms with Crippen molar-refractivity contribution in [3.63, 3.8) is 0 Å². The molecule has 0 unspecified atom stereocenters. The standard InChI is InChI=1S/C18H24N4O/c1-13-6-5-7-17(15(13)3)21-8-10-22(11-9-21)18(23)16-12-14(2)20(4)19-16/h5-7,12H,8-11H2,1-4H3. The molecule has 1 aromatic carbocycles. The first-order valence-corrected chi connectivity index (χ1v) is 8.08. The van der Waals surface area contributed by atoms with Gasteiger partial charge in [-0.2, -0.15) is 5.10 Å². The van der Waals surface area contributed by atoms with E-state index >= 15 is 0 Å². The van der Waals surface area contributed by atoms with Crippen molar-refractivity contribution in [1.82, 2.24) is 14.7 Å². The predicted octanol–water partition coefficient (Wildman–Crippen LogP) is 2.31. The SMILES string of the molecule is Cc1cccc(N2CCN(C(=O)c3cc(C)n(C)n3)CC2)c1C. The minimum atomic E-state index is 0.0364. The van der Waals surface area contributed by atoms with Crippen LogP contribution in [0.4, 0.5) is 5.69 Å². The normalized spacial score (nSPS) is 15.1. The van der Waals surface area contributed by atoms with E-state index in [9.17, 15) is 4.79 Å². The molecule has 122 valence electrons. The zero-order valence-corrected chi connectivity index (χ0v) is 14.3. The lowest BCUT2D eigenvalue weighted by molar-refractivity contribution is 0.0740. The summed E-state index contributed by atoms with van der Waals surface area (Å²) in [6.45, 7) is 9.47. The van der Waals surface area contributed by atoms with Crippen LogP contribution < -0.4 is 4.90 Å². The monoisotopic (exact) mass is 312 g/mol. The molecule has 2 heterocycles. The number of hydrogen-bond donors (Lipinski definition) is 0. The largest absolute Gasteiger partial charge is 0.368 e. The van der Waals surface area contributed by atoms with E-state index < -0.39 is 0 Å². The number of hydrogen-bond acceptors (Lipinski definition) is 3. The first kappa shape index (κ1) is 15.6. The highest BCUT2D eigenvalue weighted by Gasteiger charge is 2.24. The van der Waals surface area contributed by atoms with E-state index in [-0.39, 0.29) is 5.91 Å². The van der Waals surface area contributed by atoms with Crippen LogP contribution in [0.25, 0.3) is 0 Å². The lowest BCUT2D eigenvalue weighted by atomic mass is 10.1. The topological polar surface area (TPSA) is 41.4 Å². The Morgan fingerprint density at radius 1 is 1.09 bits per heavy atom. The molecule has 0 N–H and O–H groups in total. The summed E-state index contributed by atoms with van der Waals surface area (Å²) in [5.41, 5.74) is 5.47. The van der Waals surface area contributed by atoms with Crippen LogP contribution in [0, 0.1) is 20.8 Å².